The molecule has 22 heavy (non-hydrogen) atoms. The van der Waals surface area contributed by atoms with E-state index in [9.17, 15) is 0 Å². The van der Waals surface area contributed by atoms with Gasteiger partial charge in [0.1, 0.15) is 5.70 Å². The molecule has 1 saturated carbocycles. The van der Waals surface area contributed by atoms with Crippen molar-refractivity contribution in [3.63, 3.8) is 0 Å². The van der Waals surface area contributed by atoms with Crippen LogP contribution in [0.4, 0.5) is 0 Å². The highest BCUT2D eigenvalue weighted by molar-refractivity contribution is 5.97. The number of aliphatic imine (C=N–C) groups is 2. The molecule has 1 aliphatic carbocycles. The van der Waals surface area contributed by atoms with E-state index >= 15 is 0 Å². The van der Waals surface area contributed by atoms with Crippen LogP contribution in [0.2, 0.25) is 0 Å². The summed E-state index contributed by atoms with van der Waals surface area (Å²) in [4.78, 5) is 8.63. The normalized spacial score (nSPS) is 23.7. The van der Waals surface area contributed by atoms with Gasteiger partial charge in [-0.25, -0.2) is 4.99 Å². The highest BCUT2D eigenvalue weighted by atomic mass is 14.9. The first-order chi connectivity index (χ1) is 10.5. The molecule has 1 fully saturated rings. The van der Waals surface area contributed by atoms with Crippen molar-refractivity contribution in [2.24, 2.45) is 21.8 Å². The Morgan fingerprint density at radius 2 is 2.14 bits per heavy atom. The maximum absolute atomic E-state index is 5.33. The first-order valence-corrected chi connectivity index (χ1v) is 7.78. The van der Waals surface area contributed by atoms with E-state index in [1.54, 1.807) is 12.3 Å². The fourth-order valence-electron chi connectivity index (χ4n) is 2.73. The molecule has 118 valence electrons. The van der Waals surface area contributed by atoms with Crippen molar-refractivity contribution >= 4 is 11.9 Å². The summed E-state index contributed by atoms with van der Waals surface area (Å²) in [5.74, 6) is 3.88. The molecular weight excluding hydrogens is 270 g/mol. The van der Waals surface area contributed by atoms with E-state index in [1.165, 1.54) is 19.3 Å². The molecule has 2 unspecified atom stereocenters. The van der Waals surface area contributed by atoms with E-state index in [4.69, 9.17) is 6.42 Å². The second-order valence-electron chi connectivity index (χ2n) is 5.82. The summed E-state index contributed by atoms with van der Waals surface area (Å²) in [6.07, 6.45) is 14.6. The van der Waals surface area contributed by atoms with Crippen molar-refractivity contribution in [1.29, 1.82) is 0 Å². The van der Waals surface area contributed by atoms with Crippen LogP contribution in [0.25, 0.3) is 0 Å². The maximum Gasteiger partial charge on any atom is 0.108 e. The number of hydrogen-bond donors (Lipinski definition) is 1. The van der Waals surface area contributed by atoms with Gasteiger partial charge >= 0.3 is 0 Å². The zero-order valence-electron chi connectivity index (χ0n) is 14.2. The van der Waals surface area contributed by atoms with Gasteiger partial charge in [0, 0.05) is 30.1 Å². The van der Waals surface area contributed by atoms with Crippen LogP contribution in [0.3, 0.4) is 0 Å². The molecule has 0 bridgehead atoms. The van der Waals surface area contributed by atoms with Crippen LogP contribution in [0.1, 0.15) is 40.0 Å². The number of rotatable bonds is 6. The molecule has 0 heterocycles. The third kappa shape index (κ3) is 5.73. The molecule has 0 amide bonds. The molecule has 1 N–H and O–H groups in total. The molecule has 0 aliphatic heterocycles. The SMILES string of the molecule is C#C/C(=C/C)N=CC(=C)N/C(C)=C/C(=NC)C1CCC(C)C1. The fourth-order valence-corrected chi connectivity index (χ4v) is 2.73. The predicted octanol–water partition coefficient (Wildman–Crippen LogP) is 4.11. The highest BCUT2D eigenvalue weighted by Gasteiger charge is 2.24. The summed E-state index contributed by atoms with van der Waals surface area (Å²) >= 11 is 0. The topological polar surface area (TPSA) is 36.8 Å². The minimum Gasteiger partial charge on any atom is -0.358 e. The highest BCUT2D eigenvalue weighted by Crippen LogP contribution is 2.31. The average molecular weight is 297 g/mol. The van der Waals surface area contributed by atoms with Gasteiger partial charge in [-0.15, -0.1) is 6.42 Å². The lowest BCUT2D eigenvalue weighted by Gasteiger charge is -2.12. The smallest absolute Gasteiger partial charge is 0.108 e. The zero-order valence-corrected chi connectivity index (χ0v) is 14.2. The molecule has 3 nitrogen and oxygen atoms in total. The Balaban J connectivity index is 2.65. The second kappa shape index (κ2) is 9.04. The van der Waals surface area contributed by atoms with E-state index < -0.39 is 0 Å². The first-order valence-electron chi connectivity index (χ1n) is 7.78. The van der Waals surface area contributed by atoms with Gasteiger partial charge in [-0.2, -0.15) is 0 Å². The van der Waals surface area contributed by atoms with Crippen LogP contribution < -0.4 is 5.32 Å². The van der Waals surface area contributed by atoms with Gasteiger partial charge in [-0.1, -0.05) is 31.9 Å². The summed E-state index contributed by atoms with van der Waals surface area (Å²) < 4.78 is 0. The van der Waals surface area contributed by atoms with Crippen LogP contribution in [-0.2, 0) is 0 Å². The van der Waals surface area contributed by atoms with Crippen molar-refractivity contribution in [2.45, 2.75) is 40.0 Å². The number of nitrogens with one attached hydrogen (secondary N) is 1. The summed E-state index contributed by atoms with van der Waals surface area (Å²) in [6, 6.07) is 0. The molecule has 2 atom stereocenters. The molecule has 1 rings (SSSR count). The number of terminal acetylenes is 1. The Hall–Kier alpha value is -2.08. The van der Waals surface area contributed by atoms with Crippen LogP contribution in [0.15, 0.2) is 45.8 Å². The van der Waals surface area contributed by atoms with Crippen LogP contribution >= 0.6 is 0 Å². The lowest BCUT2D eigenvalue weighted by Crippen LogP contribution is -2.15. The summed E-state index contributed by atoms with van der Waals surface area (Å²) in [5, 5.41) is 3.22. The van der Waals surface area contributed by atoms with Gasteiger partial charge in [-0.05, 0) is 38.7 Å². The van der Waals surface area contributed by atoms with E-state index in [2.05, 4.69) is 40.8 Å². The summed E-state index contributed by atoms with van der Waals surface area (Å²) in [6.45, 7) is 10.1. The lowest BCUT2D eigenvalue weighted by molar-refractivity contribution is 0.596. The van der Waals surface area contributed by atoms with E-state index in [0.29, 0.717) is 17.3 Å². The minimum atomic E-state index is 0.578. The third-order valence-corrected chi connectivity index (χ3v) is 3.87. The summed E-state index contributed by atoms with van der Waals surface area (Å²) in [5.41, 5.74) is 3.48. The lowest BCUT2D eigenvalue weighted by atomic mass is 9.99. The molecule has 3 heteroatoms. The molecular formula is C19H27N3. The van der Waals surface area contributed by atoms with Gasteiger partial charge in [0.15, 0.2) is 0 Å². The van der Waals surface area contributed by atoms with E-state index in [1.807, 2.05) is 20.9 Å². The van der Waals surface area contributed by atoms with Crippen molar-refractivity contribution in [3.8, 4) is 12.3 Å². The number of hydrogen-bond acceptors (Lipinski definition) is 3. The van der Waals surface area contributed by atoms with Gasteiger partial charge < -0.3 is 5.32 Å². The molecule has 0 saturated heterocycles. The third-order valence-electron chi connectivity index (χ3n) is 3.87. The zero-order chi connectivity index (χ0) is 16.5. The Labute approximate surface area is 135 Å². The molecule has 0 aromatic rings. The second-order valence-corrected chi connectivity index (χ2v) is 5.82. The standard InChI is InChI=1S/C19H27N3/c1-7-18(8-2)21-13-16(5)22-15(4)12-19(20-6)17-10-9-14(3)11-17/h1,8,12-14,17,22H,5,9-11H2,2-4,6H3/b15-12+,18-8-,20-19?,21-13?. The Kier molecular flexibility index (Phi) is 7.39. The van der Waals surface area contributed by atoms with Crippen molar-refractivity contribution in [1.82, 2.24) is 5.32 Å². The first kappa shape index (κ1) is 18.0. The van der Waals surface area contributed by atoms with Crippen molar-refractivity contribution in [3.05, 3.63) is 35.8 Å². The van der Waals surface area contributed by atoms with E-state index in [-0.39, 0.29) is 0 Å². The van der Waals surface area contributed by atoms with Crippen LogP contribution in [0.5, 0.6) is 0 Å². The van der Waals surface area contributed by atoms with E-state index in [0.717, 1.165) is 17.3 Å². The maximum atomic E-state index is 5.33. The molecule has 0 aromatic carbocycles. The number of nitrogens with zero attached hydrogens (tertiary/aromatic N) is 2. The largest absolute Gasteiger partial charge is 0.358 e. The van der Waals surface area contributed by atoms with Crippen molar-refractivity contribution < 1.29 is 0 Å². The quantitative estimate of drug-likeness (QED) is 0.581. The predicted molar refractivity (Wildman–Crippen MR) is 97.0 cm³/mol. The van der Waals surface area contributed by atoms with Crippen LogP contribution in [-0.4, -0.2) is 19.0 Å². The molecule has 0 spiro atoms. The molecule has 0 aromatic heterocycles. The Morgan fingerprint density at radius 3 is 2.64 bits per heavy atom. The fraction of sp³-hybridized carbons (Fsp3) is 0.474. The molecule has 0 radical (unpaired) electrons. The minimum absolute atomic E-state index is 0.578. The Morgan fingerprint density at radius 1 is 1.41 bits per heavy atom. The van der Waals surface area contributed by atoms with Gasteiger partial charge in [0.05, 0.1) is 6.21 Å². The summed E-state index contributed by atoms with van der Waals surface area (Å²) in [7, 11) is 1.86. The Bertz CT molecular complexity index is 556. The monoisotopic (exact) mass is 297 g/mol. The van der Waals surface area contributed by atoms with Gasteiger partial charge in [0.2, 0.25) is 0 Å². The average Bonchev–Trinajstić information content (AvgIpc) is 2.92. The number of allylic oxidation sites excluding steroid dienone is 5. The van der Waals surface area contributed by atoms with Gasteiger partial charge in [0.25, 0.3) is 0 Å². The molecule has 1 aliphatic rings. The van der Waals surface area contributed by atoms with Crippen LogP contribution in [0, 0.1) is 24.2 Å². The van der Waals surface area contributed by atoms with Gasteiger partial charge in [-0.3, -0.25) is 4.99 Å². The van der Waals surface area contributed by atoms with Crippen molar-refractivity contribution in [2.75, 3.05) is 7.05 Å².